The molecule has 0 aliphatic rings. The van der Waals surface area contributed by atoms with Crippen LogP contribution in [0.2, 0.25) is 0 Å². The van der Waals surface area contributed by atoms with E-state index in [9.17, 15) is 18.0 Å². The molecule has 0 aromatic rings. The second-order valence-corrected chi connectivity index (χ2v) is 2.19. The third-order valence-corrected chi connectivity index (χ3v) is 1.14. The Bertz CT molecular complexity index is 148. The molecule has 13 heavy (non-hydrogen) atoms. The normalized spacial score (nSPS) is 12.1. The highest BCUT2D eigenvalue weighted by atomic mass is 35.5. The number of carbonyl (C=O) groups excluding carboxylic acids is 1. The van der Waals surface area contributed by atoms with Gasteiger partial charge in [0.1, 0.15) is 0 Å². The Labute approximate surface area is 80.3 Å². The molecule has 0 aliphatic heterocycles. The van der Waals surface area contributed by atoms with Crippen LogP contribution in [-0.4, -0.2) is 31.6 Å². The SMILES string of the molecule is Cl.NCCC(=O)NCC(F)C(F)F. The van der Waals surface area contributed by atoms with Crippen molar-refractivity contribution in [2.45, 2.75) is 19.0 Å². The van der Waals surface area contributed by atoms with Gasteiger partial charge in [0, 0.05) is 13.0 Å². The molecule has 1 amide bonds. The highest BCUT2D eigenvalue weighted by molar-refractivity contribution is 5.85. The number of nitrogens with two attached hydrogens (primary N) is 1. The van der Waals surface area contributed by atoms with Crippen LogP contribution in [0, 0.1) is 0 Å². The van der Waals surface area contributed by atoms with Crippen LogP contribution in [-0.2, 0) is 4.79 Å². The summed E-state index contributed by atoms with van der Waals surface area (Å²) in [7, 11) is 0. The van der Waals surface area contributed by atoms with Gasteiger partial charge in [-0.25, -0.2) is 13.2 Å². The molecule has 3 nitrogen and oxygen atoms in total. The van der Waals surface area contributed by atoms with Gasteiger partial charge in [0.25, 0.3) is 6.43 Å². The molecule has 0 saturated heterocycles. The van der Waals surface area contributed by atoms with E-state index in [1.54, 1.807) is 0 Å². The zero-order valence-electron chi connectivity index (χ0n) is 6.80. The van der Waals surface area contributed by atoms with Crippen molar-refractivity contribution in [3.63, 3.8) is 0 Å². The average molecular weight is 221 g/mol. The third-order valence-electron chi connectivity index (χ3n) is 1.14. The average Bonchev–Trinajstić information content (AvgIpc) is 2.00. The van der Waals surface area contributed by atoms with E-state index in [1.165, 1.54) is 0 Å². The van der Waals surface area contributed by atoms with Crippen LogP contribution in [0.4, 0.5) is 13.2 Å². The van der Waals surface area contributed by atoms with Crippen LogP contribution in [0.5, 0.6) is 0 Å². The van der Waals surface area contributed by atoms with E-state index in [4.69, 9.17) is 5.73 Å². The number of alkyl halides is 3. The minimum Gasteiger partial charge on any atom is -0.353 e. The molecule has 0 spiro atoms. The summed E-state index contributed by atoms with van der Waals surface area (Å²) in [6.45, 7) is -0.534. The zero-order valence-corrected chi connectivity index (χ0v) is 7.62. The molecule has 0 radical (unpaired) electrons. The molecule has 80 valence electrons. The second kappa shape index (κ2) is 8.12. The summed E-state index contributed by atoms with van der Waals surface area (Å²) in [4.78, 5) is 10.6. The second-order valence-electron chi connectivity index (χ2n) is 2.19. The maximum Gasteiger partial charge on any atom is 0.271 e. The smallest absolute Gasteiger partial charge is 0.271 e. The first-order valence-electron chi connectivity index (χ1n) is 3.47. The summed E-state index contributed by atoms with van der Waals surface area (Å²) in [6.07, 6.45) is -5.33. The van der Waals surface area contributed by atoms with E-state index in [0.29, 0.717) is 0 Å². The Morgan fingerprint density at radius 1 is 1.38 bits per heavy atom. The number of rotatable bonds is 5. The number of hydrogen-bond donors (Lipinski definition) is 2. The molecule has 0 fully saturated rings. The predicted octanol–water partition coefficient (Wildman–Crippen LogP) is 0.476. The molecule has 0 aromatic heterocycles. The first kappa shape index (κ1) is 15.0. The van der Waals surface area contributed by atoms with Crippen molar-refractivity contribution in [3.05, 3.63) is 0 Å². The molecule has 0 aliphatic carbocycles. The van der Waals surface area contributed by atoms with Gasteiger partial charge in [-0.15, -0.1) is 12.4 Å². The Hall–Kier alpha value is -0.490. The molecule has 7 heteroatoms. The molecule has 0 bridgehead atoms. The summed E-state index contributed by atoms with van der Waals surface area (Å²) in [5.74, 6) is -0.513. The molecular weight excluding hydrogens is 209 g/mol. The predicted molar refractivity (Wildman–Crippen MR) is 44.8 cm³/mol. The van der Waals surface area contributed by atoms with Crippen molar-refractivity contribution in [2.24, 2.45) is 5.73 Å². The third kappa shape index (κ3) is 7.86. The highest BCUT2D eigenvalue weighted by Crippen LogP contribution is 2.03. The molecule has 0 aromatic carbocycles. The molecule has 0 heterocycles. The Morgan fingerprint density at radius 3 is 2.31 bits per heavy atom. The van der Waals surface area contributed by atoms with E-state index >= 15 is 0 Å². The van der Waals surface area contributed by atoms with E-state index in [-0.39, 0.29) is 25.4 Å². The first-order chi connectivity index (χ1) is 5.57. The standard InChI is InChI=1S/C6H11F3N2O.ClH/c7-4(6(8)9)3-11-5(12)1-2-10;/h4,6H,1-3,10H2,(H,11,12);1H. The van der Waals surface area contributed by atoms with Crippen LogP contribution >= 0.6 is 12.4 Å². The molecule has 3 N–H and O–H groups in total. The van der Waals surface area contributed by atoms with Crippen LogP contribution in [0.25, 0.3) is 0 Å². The summed E-state index contributed by atoms with van der Waals surface area (Å²) < 4.78 is 35.2. The van der Waals surface area contributed by atoms with E-state index in [0.717, 1.165) is 0 Å². The summed E-state index contributed by atoms with van der Waals surface area (Å²) >= 11 is 0. The van der Waals surface area contributed by atoms with Crippen molar-refractivity contribution in [3.8, 4) is 0 Å². The van der Waals surface area contributed by atoms with E-state index in [1.807, 2.05) is 5.32 Å². The Morgan fingerprint density at radius 2 is 1.92 bits per heavy atom. The molecule has 0 saturated carbocycles. The topological polar surface area (TPSA) is 55.1 Å². The monoisotopic (exact) mass is 220 g/mol. The summed E-state index contributed by atoms with van der Waals surface area (Å²) in [6, 6.07) is 0. The fourth-order valence-electron chi connectivity index (χ4n) is 0.520. The lowest BCUT2D eigenvalue weighted by Crippen LogP contribution is -2.34. The number of hydrogen-bond acceptors (Lipinski definition) is 2. The number of nitrogens with one attached hydrogen (secondary N) is 1. The van der Waals surface area contributed by atoms with Crippen LogP contribution in [0.15, 0.2) is 0 Å². The Kier molecular flexibility index (Phi) is 9.38. The zero-order chi connectivity index (χ0) is 9.56. The first-order valence-corrected chi connectivity index (χ1v) is 3.47. The number of halogens is 4. The lowest BCUT2D eigenvalue weighted by atomic mass is 10.3. The van der Waals surface area contributed by atoms with Crippen molar-refractivity contribution in [1.82, 2.24) is 5.32 Å². The van der Waals surface area contributed by atoms with Crippen molar-refractivity contribution < 1.29 is 18.0 Å². The van der Waals surface area contributed by atoms with Crippen molar-refractivity contribution in [1.29, 1.82) is 0 Å². The van der Waals surface area contributed by atoms with Crippen LogP contribution < -0.4 is 11.1 Å². The maximum absolute atomic E-state index is 12.1. The van der Waals surface area contributed by atoms with Gasteiger partial charge < -0.3 is 11.1 Å². The fourth-order valence-corrected chi connectivity index (χ4v) is 0.520. The molecule has 1 atom stereocenters. The van der Waals surface area contributed by atoms with Gasteiger partial charge in [-0.2, -0.15) is 0 Å². The minimum atomic E-state index is -3.05. The van der Waals surface area contributed by atoms with Crippen LogP contribution in [0.3, 0.4) is 0 Å². The van der Waals surface area contributed by atoms with Gasteiger partial charge in [0.15, 0.2) is 6.17 Å². The van der Waals surface area contributed by atoms with E-state index < -0.39 is 25.0 Å². The van der Waals surface area contributed by atoms with Crippen molar-refractivity contribution in [2.75, 3.05) is 13.1 Å². The fraction of sp³-hybridized carbons (Fsp3) is 0.833. The quantitative estimate of drug-likeness (QED) is 0.708. The largest absolute Gasteiger partial charge is 0.353 e. The van der Waals surface area contributed by atoms with Gasteiger partial charge in [-0.05, 0) is 0 Å². The molecular formula is C6H12ClF3N2O. The minimum absolute atomic E-state index is 0. The van der Waals surface area contributed by atoms with Gasteiger partial charge in [0.05, 0.1) is 6.54 Å². The van der Waals surface area contributed by atoms with Crippen molar-refractivity contribution >= 4 is 18.3 Å². The van der Waals surface area contributed by atoms with Gasteiger partial charge >= 0.3 is 0 Å². The van der Waals surface area contributed by atoms with Gasteiger partial charge in [-0.1, -0.05) is 0 Å². The molecule has 0 rings (SSSR count). The molecule has 1 unspecified atom stereocenters. The number of carbonyl (C=O) groups is 1. The van der Waals surface area contributed by atoms with Crippen LogP contribution in [0.1, 0.15) is 6.42 Å². The summed E-state index contributed by atoms with van der Waals surface area (Å²) in [5, 5.41) is 1.99. The Balaban J connectivity index is 0. The number of amides is 1. The lowest BCUT2D eigenvalue weighted by Gasteiger charge is -2.07. The van der Waals surface area contributed by atoms with Gasteiger partial charge in [-0.3, -0.25) is 4.79 Å². The lowest BCUT2D eigenvalue weighted by molar-refractivity contribution is -0.121. The highest BCUT2D eigenvalue weighted by Gasteiger charge is 2.19. The van der Waals surface area contributed by atoms with E-state index in [2.05, 4.69) is 0 Å². The summed E-state index contributed by atoms with van der Waals surface area (Å²) in [5.41, 5.74) is 4.99. The maximum atomic E-state index is 12.1. The van der Waals surface area contributed by atoms with Gasteiger partial charge in [0.2, 0.25) is 5.91 Å².